The molecule has 0 atom stereocenters. The number of anilines is 1. The summed E-state index contributed by atoms with van der Waals surface area (Å²) in [5, 5.41) is 2.26. The van der Waals surface area contributed by atoms with Crippen molar-refractivity contribution in [2.75, 3.05) is 25.0 Å². The van der Waals surface area contributed by atoms with Crippen molar-refractivity contribution < 1.29 is 22.8 Å². The van der Waals surface area contributed by atoms with Crippen LogP contribution in [0.5, 0.6) is 0 Å². The minimum atomic E-state index is -1.31. The lowest BCUT2D eigenvalue weighted by atomic mass is 9.91. The minimum absolute atomic E-state index is 0.00929. The molecule has 148 valence electrons. The molecule has 1 saturated heterocycles. The van der Waals surface area contributed by atoms with Crippen LogP contribution in [0.1, 0.15) is 40.6 Å². The van der Waals surface area contributed by atoms with Gasteiger partial charge in [-0.1, -0.05) is 13.0 Å². The Morgan fingerprint density at radius 2 is 1.79 bits per heavy atom. The number of hydrogen-bond acceptors (Lipinski definition) is 4. The van der Waals surface area contributed by atoms with E-state index in [1.807, 2.05) is 0 Å². The van der Waals surface area contributed by atoms with Crippen LogP contribution in [0.4, 0.5) is 19.0 Å². The van der Waals surface area contributed by atoms with Crippen molar-refractivity contribution in [2.45, 2.75) is 19.8 Å². The topological polar surface area (TPSA) is 62.3 Å². The number of hydrogen-bond donors (Lipinski definition) is 1. The van der Waals surface area contributed by atoms with E-state index >= 15 is 0 Å². The summed E-state index contributed by atoms with van der Waals surface area (Å²) in [5.41, 5.74) is -0.723. The molecule has 1 aliphatic heterocycles. The Labute approximate surface area is 160 Å². The van der Waals surface area contributed by atoms with Gasteiger partial charge in [0.1, 0.15) is 34.5 Å². The van der Waals surface area contributed by atoms with Crippen molar-refractivity contribution >= 4 is 17.5 Å². The number of rotatable bonds is 5. The standard InChI is InChI=1S/C20H20F3N3O2/c1-2-26-8-6-12(7-9-26)19(27)16-4-3-5-17(24-16)25-20(28)18-14(22)10-13(21)11-15(18)23/h3-5,10-12H,2,6-9H2,1H3,(H,24,25,28). The third-order valence-electron chi connectivity index (χ3n) is 4.88. The van der Waals surface area contributed by atoms with Crippen LogP contribution in [0.15, 0.2) is 30.3 Å². The maximum absolute atomic E-state index is 13.8. The van der Waals surface area contributed by atoms with E-state index < -0.39 is 28.9 Å². The van der Waals surface area contributed by atoms with Crippen LogP contribution >= 0.6 is 0 Å². The van der Waals surface area contributed by atoms with Crippen molar-refractivity contribution in [1.29, 1.82) is 0 Å². The first-order chi connectivity index (χ1) is 13.4. The molecule has 0 radical (unpaired) electrons. The van der Waals surface area contributed by atoms with Gasteiger partial charge in [0.15, 0.2) is 5.78 Å². The number of carbonyl (C=O) groups is 2. The van der Waals surface area contributed by atoms with Gasteiger partial charge in [-0.05, 0) is 44.6 Å². The van der Waals surface area contributed by atoms with Gasteiger partial charge in [0.05, 0.1) is 0 Å². The van der Waals surface area contributed by atoms with Gasteiger partial charge in [-0.25, -0.2) is 18.2 Å². The fourth-order valence-electron chi connectivity index (χ4n) is 3.30. The molecule has 1 aliphatic rings. The Balaban J connectivity index is 1.73. The molecule has 0 aliphatic carbocycles. The second kappa shape index (κ2) is 8.52. The predicted octanol–water partition coefficient (Wildman–Crippen LogP) is 3.67. The van der Waals surface area contributed by atoms with Crippen LogP contribution in [0.2, 0.25) is 0 Å². The fourth-order valence-corrected chi connectivity index (χ4v) is 3.30. The van der Waals surface area contributed by atoms with E-state index in [4.69, 9.17) is 0 Å². The van der Waals surface area contributed by atoms with Gasteiger partial charge in [-0.2, -0.15) is 0 Å². The number of amides is 1. The average Bonchev–Trinajstić information content (AvgIpc) is 2.67. The van der Waals surface area contributed by atoms with E-state index in [2.05, 4.69) is 22.1 Å². The van der Waals surface area contributed by atoms with Gasteiger partial charge in [-0.15, -0.1) is 0 Å². The second-order valence-electron chi connectivity index (χ2n) is 6.68. The average molecular weight is 391 g/mol. The van der Waals surface area contributed by atoms with Crippen LogP contribution in [0.3, 0.4) is 0 Å². The number of Topliss-reactive ketones (excluding diaryl/α,β-unsaturated/α-hetero) is 1. The van der Waals surface area contributed by atoms with E-state index in [0.717, 1.165) is 32.5 Å². The van der Waals surface area contributed by atoms with E-state index in [0.29, 0.717) is 12.1 Å². The molecule has 3 rings (SSSR count). The smallest absolute Gasteiger partial charge is 0.262 e. The zero-order chi connectivity index (χ0) is 20.3. The van der Waals surface area contributed by atoms with Gasteiger partial charge >= 0.3 is 0 Å². The Morgan fingerprint density at radius 3 is 2.39 bits per heavy atom. The molecule has 0 bridgehead atoms. The maximum Gasteiger partial charge on any atom is 0.262 e. The van der Waals surface area contributed by atoms with Gasteiger partial charge in [0.25, 0.3) is 5.91 Å². The number of likely N-dealkylation sites (tertiary alicyclic amines) is 1. The third-order valence-corrected chi connectivity index (χ3v) is 4.88. The highest BCUT2D eigenvalue weighted by molar-refractivity contribution is 6.04. The minimum Gasteiger partial charge on any atom is -0.306 e. The molecule has 1 aromatic carbocycles. The molecule has 0 saturated carbocycles. The number of aromatic nitrogens is 1. The lowest BCUT2D eigenvalue weighted by Gasteiger charge is -2.30. The fraction of sp³-hybridized carbons (Fsp3) is 0.350. The number of carbonyl (C=O) groups excluding carboxylic acids is 2. The maximum atomic E-state index is 13.8. The monoisotopic (exact) mass is 391 g/mol. The Kier molecular flexibility index (Phi) is 6.08. The van der Waals surface area contributed by atoms with Crippen LogP contribution in [-0.4, -0.2) is 41.2 Å². The van der Waals surface area contributed by atoms with Crippen molar-refractivity contribution in [2.24, 2.45) is 5.92 Å². The first-order valence-corrected chi connectivity index (χ1v) is 9.08. The van der Waals surface area contributed by atoms with E-state index in [1.54, 1.807) is 6.07 Å². The summed E-state index contributed by atoms with van der Waals surface area (Å²) in [6.45, 7) is 4.69. The van der Waals surface area contributed by atoms with E-state index in [-0.39, 0.29) is 23.2 Å². The van der Waals surface area contributed by atoms with Crippen LogP contribution in [0, 0.1) is 23.4 Å². The van der Waals surface area contributed by atoms with Crippen molar-refractivity contribution in [3.63, 3.8) is 0 Å². The number of piperidine rings is 1. The molecule has 0 spiro atoms. The summed E-state index contributed by atoms with van der Waals surface area (Å²) in [4.78, 5) is 31.2. The molecule has 28 heavy (non-hydrogen) atoms. The van der Waals surface area contributed by atoms with Crippen molar-refractivity contribution in [3.05, 3.63) is 59.0 Å². The summed E-state index contributed by atoms with van der Waals surface area (Å²) in [5.74, 6) is -5.13. The molecular weight excluding hydrogens is 371 g/mol. The molecule has 8 heteroatoms. The van der Waals surface area contributed by atoms with E-state index in [9.17, 15) is 22.8 Å². The Hall–Kier alpha value is -2.74. The molecule has 1 amide bonds. The summed E-state index contributed by atoms with van der Waals surface area (Å²) in [7, 11) is 0. The van der Waals surface area contributed by atoms with Gasteiger partial charge < -0.3 is 10.2 Å². The summed E-state index contributed by atoms with van der Waals surface area (Å²) in [6.07, 6.45) is 1.47. The van der Waals surface area contributed by atoms with Gasteiger partial charge in [0, 0.05) is 18.1 Å². The summed E-state index contributed by atoms with van der Waals surface area (Å²) >= 11 is 0. The Bertz CT molecular complexity index is 873. The highest BCUT2D eigenvalue weighted by Crippen LogP contribution is 2.22. The van der Waals surface area contributed by atoms with Gasteiger partial charge in [0.2, 0.25) is 0 Å². The number of benzene rings is 1. The molecule has 1 aromatic heterocycles. The zero-order valence-electron chi connectivity index (χ0n) is 15.3. The number of pyridine rings is 1. The normalized spacial score (nSPS) is 15.4. The summed E-state index contributed by atoms with van der Waals surface area (Å²) < 4.78 is 40.5. The molecule has 2 heterocycles. The molecule has 0 unspecified atom stereocenters. The highest BCUT2D eigenvalue weighted by Gasteiger charge is 2.26. The molecular formula is C20H20F3N3O2. The lowest BCUT2D eigenvalue weighted by Crippen LogP contribution is -2.36. The SMILES string of the molecule is CCN1CCC(C(=O)c2cccc(NC(=O)c3c(F)cc(F)cc3F)n2)CC1. The van der Waals surface area contributed by atoms with E-state index in [1.165, 1.54) is 12.1 Å². The summed E-state index contributed by atoms with van der Waals surface area (Å²) in [6, 6.07) is 5.34. The highest BCUT2D eigenvalue weighted by atomic mass is 19.1. The third kappa shape index (κ3) is 4.39. The Morgan fingerprint density at radius 1 is 1.14 bits per heavy atom. The first-order valence-electron chi connectivity index (χ1n) is 9.08. The first kappa shape index (κ1) is 20.0. The number of halogens is 3. The lowest BCUT2D eigenvalue weighted by molar-refractivity contribution is 0.0838. The zero-order valence-corrected chi connectivity index (χ0v) is 15.3. The van der Waals surface area contributed by atoms with Crippen molar-refractivity contribution in [1.82, 2.24) is 9.88 Å². The predicted molar refractivity (Wildman–Crippen MR) is 97.7 cm³/mol. The van der Waals surface area contributed by atoms with Gasteiger partial charge in [-0.3, -0.25) is 9.59 Å². The molecule has 2 aromatic rings. The largest absolute Gasteiger partial charge is 0.306 e. The number of nitrogens with one attached hydrogen (secondary N) is 1. The molecule has 1 N–H and O–H groups in total. The quantitative estimate of drug-likeness (QED) is 0.790. The van der Waals surface area contributed by atoms with Crippen LogP contribution in [-0.2, 0) is 0 Å². The number of nitrogens with zero attached hydrogens (tertiary/aromatic N) is 2. The second-order valence-corrected chi connectivity index (χ2v) is 6.68. The number of ketones is 1. The van der Waals surface area contributed by atoms with Crippen LogP contribution < -0.4 is 5.32 Å². The molecule has 5 nitrogen and oxygen atoms in total. The van der Waals surface area contributed by atoms with Crippen molar-refractivity contribution in [3.8, 4) is 0 Å². The van der Waals surface area contributed by atoms with Crippen LogP contribution in [0.25, 0.3) is 0 Å². The molecule has 1 fully saturated rings.